The Hall–Kier alpha value is -1.66. The number of carbonyl (C=O) groups is 1. The maximum absolute atomic E-state index is 12.1. The molecule has 1 aromatic carbocycles. The number of ether oxygens (including phenoxy) is 1. The lowest BCUT2D eigenvalue weighted by atomic mass is 9.93. The van der Waals surface area contributed by atoms with Crippen LogP contribution in [0.15, 0.2) is 24.3 Å². The molecular weight excluding hydrogens is 274 g/mol. The molecule has 20 heavy (non-hydrogen) atoms. The van der Waals surface area contributed by atoms with Crippen LogP contribution in [0.25, 0.3) is 0 Å². The van der Waals surface area contributed by atoms with Gasteiger partial charge in [-0.1, -0.05) is 31.4 Å². The molecule has 1 rings (SSSR count). The average molecular weight is 294 g/mol. The van der Waals surface area contributed by atoms with Gasteiger partial charge < -0.3 is 10.1 Å². The lowest BCUT2D eigenvalue weighted by Crippen LogP contribution is -2.50. The monoisotopic (exact) mass is 293 g/mol. The minimum atomic E-state index is -0.623. The van der Waals surface area contributed by atoms with Crippen molar-refractivity contribution >= 4 is 17.5 Å². The van der Waals surface area contributed by atoms with Gasteiger partial charge >= 0.3 is 0 Å². The van der Waals surface area contributed by atoms with Gasteiger partial charge in [0.2, 0.25) is 0 Å². The Kier molecular flexibility index (Phi) is 5.91. The Labute approximate surface area is 125 Å². The Balaban J connectivity index is 2.68. The summed E-state index contributed by atoms with van der Waals surface area (Å²) in [5.41, 5.74) is -0.602. The van der Waals surface area contributed by atoms with E-state index in [0.29, 0.717) is 23.6 Å². The smallest absolute Gasteiger partial charge is 0.261 e. The molecule has 1 N–H and O–H groups in total. The molecule has 0 aliphatic rings. The molecule has 108 valence electrons. The first-order valence-corrected chi connectivity index (χ1v) is 7.06. The summed E-state index contributed by atoms with van der Waals surface area (Å²) in [6.45, 7) is 5.60. The number of benzene rings is 1. The van der Waals surface area contributed by atoms with Gasteiger partial charge in [-0.3, -0.25) is 4.79 Å². The van der Waals surface area contributed by atoms with E-state index in [1.807, 2.05) is 13.8 Å². The van der Waals surface area contributed by atoms with Gasteiger partial charge in [-0.15, -0.1) is 6.42 Å². The number of halogens is 1. The van der Waals surface area contributed by atoms with Gasteiger partial charge in [-0.05, 0) is 44.0 Å². The van der Waals surface area contributed by atoms with Gasteiger partial charge in [0.05, 0.1) is 0 Å². The van der Waals surface area contributed by atoms with Crippen LogP contribution in [0.2, 0.25) is 5.02 Å². The highest BCUT2D eigenvalue weighted by Gasteiger charge is 2.28. The highest BCUT2D eigenvalue weighted by atomic mass is 35.5. The van der Waals surface area contributed by atoms with Crippen LogP contribution < -0.4 is 10.1 Å². The van der Waals surface area contributed by atoms with Crippen molar-refractivity contribution in [2.75, 3.05) is 0 Å². The minimum Gasteiger partial charge on any atom is -0.481 e. The second-order valence-electron chi connectivity index (χ2n) is 4.64. The Morgan fingerprint density at radius 1 is 1.40 bits per heavy atom. The Morgan fingerprint density at radius 2 is 1.95 bits per heavy atom. The lowest BCUT2D eigenvalue weighted by Gasteiger charge is -2.28. The number of hydrogen-bond donors (Lipinski definition) is 1. The van der Waals surface area contributed by atoms with Crippen molar-refractivity contribution in [2.24, 2.45) is 0 Å². The largest absolute Gasteiger partial charge is 0.481 e. The van der Waals surface area contributed by atoms with Gasteiger partial charge in [-0.25, -0.2) is 0 Å². The molecule has 1 aromatic rings. The fraction of sp³-hybridized carbons (Fsp3) is 0.438. The highest BCUT2D eigenvalue weighted by molar-refractivity contribution is 6.30. The first kappa shape index (κ1) is 16.4. The van der Waals surface area contributed by atoms with Crippen LogP contribution in [0.1, 0.15) is 33.6 Å². The Bertz CT molecular complexity index is 486. The zero-order valence-electron chi connectivity index (χ0n) is 12.1. The van der Waals surface area contributed by atoms with E-state index in [-0.39, 0.29) is 5.91 Å². The number of terminal acetylenes is 1. The van der Waals surface area contributed by atoms with Crippen molar-refractivity contribution in [2.45, 2.75) is 45.3 Å². The molecule has 0 bridgehead atoms. The van der Waals surface area contributed by atoms with E-state index in [4.69, 9.17) is 22.8 Å². The van der Waals surface area contributed by atoms with Crippen molar-refractivity contribution in [1.82, 2.24) is 5.32 Å². The van der Waals surface area contributed by atoms with Crippen molar-refractivity contribution in [3.63, 3.8) is 0 Å². The van der Waals surface area contributed by atoms with E-state index >= 15 is 0 Å². The van der Waals surface area contributed by atoms with Crippen molar-refractivity contribution in [3.8, 4) is 18.1 Å². The van der Waals surface area contributed by atoms with Crippen LogP contribution in [0, 0.1) is 12.3 Å². The maximum Gasteiger partial charge on any atom is 0.261 e. The third-order valence-electron chi connectivity index (χ3n) is 3.34. The quantitative estimate of drug-likeness (QED) is 0.816. The molecule has 4 heteroatoms. The molecule has 1 amide bonds. The van der Waals surface area contributed by atoms with Crippen LogP contribution in [0.4, 0.5) is 0 Å². The Morgan fingerprint density at radius 3 is 2.40 bits per heavy atom. The molecule has 1 atom stereocenters. The third kappa shape index (κ3) is 4.18. The molecule has 0 aliphatic heterocycles. The van der Waals surface area contributed by atoms with Crippen molar-refractivity contribution in [3.05, 3.63) is 29.3 Å². The maximum atomic E-state index is 12.1. The third-order valence-corrected chi connectivity index (χ3v) is 3.59. The van der Waals surface area contributed by atoms with Gasteiger partial charge in [0.1, 0.15) is 11.3 Å². The van der Waals surface area contributed by atoms with Gasteiger partial charge in [0, 0.05) is 5.02 Å². The molecule has 0 unspecified atom stereocenters. The SMILES string of the molecule is C#CC(CC)(CC)NC(=O)[C@H](C)Oc1ccc(Cl)cc1. The number of hydrogen-bond acceptors (Lipinski definition) is 2. The van der Waals surface area contributed by atoms with Crippen LogP contribution in [0.5, 0.6) is 5.75 Å². The van der Waals surface area contributed by atoms with E-state index in [0.717, 1.165) is 0 Å². The molecule has 0 spiro atoms. The molecule has 0 aromatic heterocycles. The van der Waals surface area contributed by atoms with Gasteiger partial charge in [0.25, 0.3) is 5.91 Å². The molecule has 0 fully saturated rings. The van der Waals surface area contributed by atoms with Crippen LogP contribution in [-0.4, -0.2) is 17.6 Å². The number of nitrogens with one attached hydrogen (secondary N) is 1. The van der Waals surface area contributed by atoms with Gasteiger partial charge in [-0.2, -0.15) is 0 Å². The summed E-state index contributed by atoms with van der Waals surface area (Å²) in [7, 11) is 0. The summed E-state index contributed by atoms with van der Waals surface area (Å²) in [5, 5.41) is 3.51. The number of amides is 1. The average Bonchev–Trinajstić information content (AvgIpc) is 2.47. The summed E-state index contributed by atoms with van der Waals surface area (Å²) >= 11 is 5.80. The highest BCUT2D eigenvalue weighted by Crippen LogP contribution is 2.18. The normalized spacial score (nSPS) is 12.3. The number of carbonyl (C=O) groups excluding carboxylic acids is 1. The summed E-state index contributed by atoms with van der Waals surface area (Å²) in [5.74, 6) is 3.04. The minimum absolute atomic E-state index is 0.221. The zero-order chi connectivity index (χ0) is 15.2. The topological polar surface area (TPSA) is 38.3 Å². The van der Waals surface area contributed by atoms with Crippen LogP contribution >= 0.6 is 11.6 Å². The summed E-state index contributed by atoms with van der Waals surface area (Å²) in [4.78, 5) is 12.1. The summed E-state index contributed by atoms with van der Waals surface area (Å²) < 4.78 is 5.57. The molecule has 0 saturated carbocycles. The van der Waals surface area contributed by atoms with Crippen LogP contribution in [0.3, 0.4) is 0 Å². The standard InChI is InChI=1S/C16H20ClNO2/c1-5-16(6-2,7-3)18-15(19)12(4)20-14-10-8-13(17)9-11-14/h1,8-12H,6-7H2,2-4H3,(H,18,19)/t12-/m0/s1. The first-order valence-electron chi connectivity index (χ1n) is 6.68. The van der Waals surface area contributed by atoms with Crippen molar-refractivity contribution in [1.29, 1.82) is 0 Å². The molecule has 0 radical (unpaired) electrons. The molecule has 3 nitrogen and oxygen atoms in total. The fourth-order valence-corrected chi connectivity index (χ4v) is 1.90. The summed E-state index contributed by atoms with van der Waals surface area (Å²) in [6, 6.07) is 6.87. The molecule has 0 aliphatic carbocycles. The predicted molar refractivity (Wildman–Crippen MR) is 81.8 cm³/mol. The van der Waals surface area contributed by atoms with Crippen LogP contribution in [-0.2, 0) is 4.79 Å². The lowest BCUT2D eigenvalue weighted by molar-refractivity contribution is -0.128. The second-order valence-corrected chi connectivity index (χ2v) is 5.07. The second kappa shape index (κ2) is 7.21. The van der Waals surface area contributed by atoms with Crippen molar-refractivity contribution < 1.29 is 9.53 Å². The van der Waals surface area contributed by atoms with E-state index in [9.17, 15) is 4.79 Å². The zero-order valence-corrected chi connectivity index (χ0v) is 12.8. The molecular formula is C16H20ClNO2. The summed E-state index contributed by atoms with van der Waals surface area (Å²) in [6.07, 6.45) is 6.26. The first-order chi connectivity index (χ1) is 9.46. The molecule has 0 saturated heterocycles. The van der Waals surface area contributed by atoms with Gasteiger partial charge in [0.15, 0.2) is 6.10 Å². The van der Waals surface area contributed by atoms with E-state index in [1.165, 1.54) is 0 Å². The molecule has 0 heterocycles. The van der Waals surface area contributed by atoms with E-state index in [1.54, 1.807) is 31.2 Å². The van der Waals surface area contributed by atoms with E-state index < -0.39 is 11.6 Å². The number of rotatable bonds is 6. The van der Waals surface area contributed by atoms with E-state index in [2.05, 4.69) is 11.2 Å². The predicted octanol–water partition coefficient (Wildman–Crippen LogP) is 3.42. The fourth-order valence-electron chi connectivity index (χ4n) is 1.78.